The summed E-state index contributed by atoms with van der Waals surface area (Å²) in [7, 11) is 0. The van der Waals surface area contributed by atoms with Gasteiger partial charge in [0.05, 0.1) is 12.6 Å². The summed E-state index contributed by atoms with van der Waals surface area (Å²) in [6.45, 7) is 7.82. The van der Waals surface area contributed by atoms with Gasteiger partial charge in [-0.1, -0.05) is 25.1 Å². The highest BCUT2D eigenvalue weighted by molar-refractivity contribution is 5.74. The van der Waals surface area contributed by atoms with Crippen LogP contribution in [0.15, 0.2) is 24.3 Å². The quantitative estimate of drug-likeness (QED) is 0.841. The summed E-state index contributed by atoms with van der Waals surface area (Å²) < 4.78 is 6.01. The molecule has 0 radical (unpaired) electrons. The van der Waals surface area contributed by atoms with E-state index >= 15 is 0 Å². The van der Waals surface area contributed by atoms with Crippen LogP contribution >= 0.6 is 0 Å². The Bertz CT molecular complexity index is 525. The number of aliphatic hydroxyl groups excluding tert-OH is 1. The Morgan fingerprint density at radius 3 is 2.62 bits per heavy atom. The summed E-state index contributed by atoms with van der Waals surface area (Å²) in [5.41, 5.74) is 1.10. The lowest BCUT2D eigenvalue weighted by atomic mass is 9.92. The summed E-state index contributed by atoms with van der Waals surface area (Å²) in [5, 5.41) is 12.6. The number of aryl methyl sites for hydroxylation is 1. The van der Waals surface area contributed by atoms with Crippen molar-refractivity contribution in [3.05, 3.63) is 29.8 Å². The van der Waals surface area contributed by atoms with Gasteiger partial charge in [0.25, 0.3) is 0 Å². The zero-order valence-corrected chi connectivity index (χ0v) is 15.0. The highest BCUT2D eigenvalue weighted by Crippen LogP contribution is 2.21. The van der Waals surface area contributed by atoms with Crippen LogP contribution < -0.4 is 10.1 Å². The fourth-order valence-corrected chi connectivity index (χ4v) is 3.04. The molecule has 1 aliphatic rings. The van der Waals surface area contributed by atoms with Gasteiger partial charge in [-0.2, -0.15) is 0 Å². The van der Waals surface area contributed by atoms with Crippen LogP contribution in [0.2, 0.25) is 0 Å². The molecule has 1 aliphatic heterocycles. The van der Waals surface area contributed by atoms with Crippen LogP contribution in [0.4, 0.5) is 4.79 Å². The Labute approximate surface area is 145 Å². The molecule has 2 amide bonds. The molecule has 1 heterocycles. The normalized spacial score (nSPS) is 18.1. The monoisotopic (exact) mass is 334 g/mol. The summed E-state index contributed by atoms with van der Waals surface area (Å²) in [4.78, 5) is 14.1. The number of nitrogens with zero attached hydrogens (tertiary/aromatic N) is 1. The minimum Gasteiger partial charge on any atom is -0.488 e. The molecule has 1 saturated heterocycles. The number of benzene rings is 1. The third kappa shape index (κ3) is 5.13. The van der Waals surface area contributed by atoms with Crippen molar-refractivity contribution < 1.29 is 14.6 Å². The number of hydrogen-bond donors (Lipinski definition) is 2. The minimum atomic E-state index is -0.290. The topological polar surface area (TPSA) is 61.8 Å². The first-order valence-corrected chi connectivity index (χ1v) is 8.94. The first kappa shape index (κ1) is 18.6. The number of carbonyl (C=O) groups is 1. The van der Waals surface area contributed by atoms with Crippen LogP contribution in [-0.2, 0) is 0 Å². The molecule has 1 aromatic carbocycles. The van der Waals surface area contributed by atoms with Gasteiger partial charge < -0.3 is 20.1 Å². The Hall–Kier alpha value is -1.75. The van der Waals surface area contributed by atoms with Crippen LogP contribution in [0.5, 0.6) is 5.75 Å². The van der Waals surface area contributed by atoms with Gasteiger partial charge in [-0.15, -0.1) is 0 Å². The van der Waals surface area contributed by atoms with Crippen molar-refractivity contribution in [2.45, 2.75) is 52.2 Å². The van der Waals surface area contributed by atoms with Crippen molar-refractivity contribution in [1.29, 1.82) is 0 Å². The number of aliphatic hydroxyl groups is 1. The van der Waals surface area contributed by atoms with E-state index < -0.39 is 0 Å². The second-order valence-electron chi connectivity index (χ2n) is 6.66. The van der Waals surface area contributed by atoms with Crippen molar-refractivity contribution in [1.82, 2.24) is 10.2 Å². The van der Waals surface area contributed by atoms with Gasteiger partial charge in [0, 0.05) is 13.1 Å². The molecule has 5 nitrogen and oxygen atoms in total. The minimum absolute atomic E-state index is 0.0362. The van der Waals surface area contributed by atoms with E-state index in [0.717, 1.165) is 30.6 Å². The lowest BCUT2D eigenvalue weighted by molar-refractivity contribution is 0.0791. The van der Waals surface area contributed by atoms with Gasteiger partial charge in [-0.05, 0) is 50.7 Å². The average Bonchev–Trinajstić information content (AvgIpc) is 2.60. The maximum Gasteiger partial charge on any atom is 0.317 e. The molecule has 0 bridgehead atoms. The molecule has 0 spiro atoms. The van der Waals surface area contributed by atoms with E-state index in [9.17, 15) is 9.90 Å². The molecule has 5 heteroatoms. The number of piperidine rings is 1. The molecule has 0 saturated carbocycles. The summed E-state index contributed by atoms with van der Waals surface area (Å²) in [6, 6.07) is 7.89. The summed E-state index contributed by atoms with van der Waals surface area (Å²) in [5.74, 6) is 1.18. The largest absolute Gasteiger partial charge is 0.488 e. The van der Waals surface area contributed by atoms with Crippen LogP contribution in [-0.4, -0.2) is 47.9 Å². The molecule has 2 rings (SSSR count). The van der Waals surface area contributed by atoms with E-state index in [2.05, 4.69) is 12.2 Å². The van der Waals surface area contributed by atoms with Gasteiger partial charge >= 0.3 is 6.03 Å². The van der Waals surface area contributed by atoms with E-state index in [4.69, 9.17) is 4.74 Å². The van der Waals surface area contributed by atoms with Crippen LogP contribution in [0.3, 0.4) is 0 Å². The van der Waals surface area contributed by atoms with Crippen molar-refractivity contribution >= 4 is 6.03 Å². The van der Waals surface area contributed by atoms with Crippen LogP contribution in [0.1, 0.15) is 38.7 Å². The molecule has 2 unspecified atom stereocenters. The summed E-state index contributed by atoms with van der Waals surface area (Å²) in [6.07, 6.45) is 2.23. The lowest BCUT2D eigenvalue weighted by Crippen LogP contribution is -2.47. The molecule has 1 aromatic rings. The van der Waals surface area contributed by atoms with E-state index in [-0.39, 0.29) is 18.2 Å². The van der Waals surface area contributed by atoms with Gasteiger partial charge in [0.1, 0.15) is 11.9 Å². The first-order chi connectivity index (χ1) is 11.5. The number of rotatable bonds is 6. The third-order valence-electron chi connectivity index (χ3n) is 4.83. The molecular formula is C19H30N2O3. The number of urea groups is 1. The molecule has 24 heavy (non-hydrogen) atoms. The maximum atomic E-state index is 12.3. The standard InChI is InChI=1S/C19H30N2O3/c1-4-17(24-18-8-6-5-7-14(18)2)13-20-19(23)21-11-9-16(10-12-21)15(3)22/h5-8,15-17,22H,4,9-13H2,1-3H3,(H,20,23). The highest BCUT2D eigenvalue weighted by Gasteiger charge is 2.25. The number of ether oxygens (including phenoxy) is 1. The molecule has 0 aromatic heterocycles. The number of amides is 2. The second-order valence-corrected chi connectivity index (χ2v) is 6.66. The van der Waals surface area contributed by atoms with Crippen molar-refractivity contribution in [3.63, 3.8) is 0 Å². The lowest BCUT2D eigenvalue weighted by Gasteiger charge is -2.33. The van der Waals surface area contributed by atoms with Crippen LogP contribution in [0, 0.1) is 12.8 Å². The zero-order valence-electron chi connectivity index (χ0n) is 15.0. The predicted octanol–water partition coefficient (Wildman–Crippen LogP) is 2.95. The maximum absolute atomic E-state index is 12.3. The Balaban J connectivity index is 1.79. The Kier molecular flexibility index (Phi) is 6.91. The van der Waals surface area contributed by atoms with Crippen LogP contribution in [0.25, 0.3) is 0 Å². The Morgan fingerprint density at radius 1 is 1.38 bits per heavy atom. The van der Waals surface area contributed by atoms with Gasteiger partial charge in [0.2, 0.25) is 0 Å². The van der Waals surface area contributed by atoms with Crippen molar-refractivity contribution in [2.24, 2.45) is 5.92 Å². The SMILES string of the molecule is CCC(CNC(=O)N1CCC(C(C)O)CC1)Oc1ccccc1C. The molecule has 1 fully saturated rings. The number of likely N-dealkylation sites (tertiary alicyclic amines) is 1. The van der Waals surface area contributed by atoms with Gasteiger partial charge in [-0.3, -0.25) is 0 Å². The molecule has 2 N–H and O–H groups in total. The number of carbonyl (C=O) groups excluding carboxylic acids is 1. The number of hydrogen-bond acceptors (Lipinski definition) is 3. The smallest absolute Gasteiger partial charge is 0.317 e. The Morgan fingerprint density at radius 2 is 2.04 bits per heavy atom. The number of nitrogens with one attached hydrogen (secondary N) is 1. The van der Waals surface area contributed by atoms with E-state index in [1.807, 2.05) is 43.0 Å². The summed E-state index contributed by atoms with van der Waals surface area (Å²) >= 11 is 0. The van der Waals surface area contributed by atoms with E-state index in [1.165, 1.54) is 0 Å². The highest BCUT2D eigenvalue weighted by atomic mass is 16.5. The molecule has 134 valence electrons. The van der Waals surface area contributed by atoms with Crippen molar-refractivity contribution in [3.8, 4) is 5.75 Å². The second kappa shape index (κ2) is 8.92. The fourth-order valence-electron chi connectivity index (χ4n) is 3.04. The predicted molar refractivity (Wildman–Crippen MR) is 95.3 cm³/mol. The fraction of sp³-hybridized carbons (Fsp3) is 0.632. The van der Waals surface area contributed by atoms with E-state index in [1.54, 1.807) is 0 Å². The molecular weight excluding hydrogens is 304 g/mol. The number of para-hydroxylation sites is 1. The van der Waals surface area contributed by atoms with Crippen molar-refractivity contribution in [2.75, 3.05) is 19.6 Å². The average molecular weight is 334 g/mol. The molecule has 2 atom stereocenters. The van der Waals surface area contributed by atoms with Gasteiger partial charge in [-0.25, -0.2) is 4.79 Å². The third-order valence-corrected chi connectivity index (χ3v) is 4.83. The molecule has 0 aliphatic carbocycles. The first-order valence-electron chi connectivity index (χ1n) is 8.94. The zero-order chi connectivity index (χ0) is 17.5. The van der Waals surface area contributed by atoms with Gasteiger partial charge in [0.15, 0.2) is 0 Å². The van der Waals surface area contributed by atoms with E-state index in [0.29, 0.717) is 25.6 Å².